The van der Waals surface area contributed by atoms with E-state index in [2.05, 4.69) is 28.9 Å². The van der Waals surface area contributed by atoms with Crippen LogP contribution in [0.3, 0.4) is 0 Å². The first kappa shape index (κ1) is 19.7. The van der Waals surface area contributed by atoms with E-state index < -0.39 is 0 Å². The molecule has 0 aromatic carbocycles. The minimum Gasteiger partial charge on any atom is -0.449 e. The smallest absolute Gasteiger partial charge is 0.409 e. The summed E-state index contributed by atoms with van der Waals surface area (Å²) in [6, 6.07) is 0. The number of aryl methyl sites for hydroxylation is 1. The van der Waals surface area contributed by atoms with Gasteiger partial charge in [-0.2, -0.15) is 4.98 Å². The van der Waals surface area contributed by atoms with E-state index in [-0.39, 0.29) is 6.09 Å². The van der Waals surface area contributed by atoms with Crippen molar-refractivity contribution in [2.45, 2.75) is 53.5 Å². The quantitative estimate of drug-likeness (QED) is 0.751. The average molecular weight is 352 g/mol. The van der Waals surface area contributed by atoms with Crippen molar-refractivity contribution in [1.29, 1.82) is 0 Å². The Labute approximate surface area is 150 Å². The van der Waals surface area contributed by atoms with E-state index in [4.69, 9.17) is 9.26 Å². The molecule has 0 aliphatic carbocycles. The van der Waals surface area contributed by atoms with Gasteiger partial charge in [0.2, 0.25) is 5.89 Å². The third-order valence-corrected chi connectivity index (χ3v) is 4.20. The monoisotopic (exact) mass is 352 g/mol. The molecule has 0 spiro atoms. The van der Waals surface area contributed by atoms with Gasteiger partial charge in [0.15, 0.2) is 5.82 Å². The van der Waals surface area contributed by atoms with Crippen LogP contribution >= 0.6 is 0 Å². The Hall–Kier alpha value is -1.63. The van der Waals surface area contributed by atoms with Crippen LogP contribution in [-0.4, -0.2) is 58.8 Å². The van der Waals surface area contributed by atoms with Crippen LogP contribution in [0.1, 0.15) is 52.3 Å². The van der Waals surface area contributed by atoms with Crippen LogP contribution in [0.25, 0.3) is 0 Å². The molecule has 2 heterocycles. The second-order valence-corrected chi connectivity index (χ2v) is 7.62. The van der Waals surface area contributed by atoms with E-state index in [1.807, 2.05) is 13.8 Å². The molecule has 7 nitrogen and oxygen atoms in total. The van der Waals surface area contributed by atoms with Crippen LogP contribution in [0.4, 0.5) is 4.79 Å². The molecule has 1 aliphatic heterocycles. The SMILES string of the molecule is CC(C)CCc1noc(CN2CCCN(C(=O)OCC(C)C)CC2)n1. The predicted octanol–water partition coefficient (Wildman–Crippen LogP) is 2.96. The molecule has 0 bridgehead atoms. The van der Waals surface area contributed by atoms with E-state index in [0.717, 1.165) is 44.7 Å². The van der Waals surface area contributed by atoms with Gasteiger partial charge in [-0.1, -0.05) is 32.9 Å². The molecule has 1 amide bonds. The summed E-state index contributed by atoms with van der Waals surface area (Å²) in [5, 5.41) is 4.06. The molecule has 2 rings (SSSR count). The summed E-state index contributed by atoms with van der Waals surface area (Å²) < 4.78 is 10.7. The van der Waals surface area contributed by atoms with E-state index in [0.29, 0.717) is 37.4 Å². The number of carbonyl (C=O) groups excluding carboxylic acids is 1. The average Bonchev–Trinajstić information content (AvgIpc) is 2.87. The zero-order valence-corrected chi connectivity index (χ0v) is 16.0. The molecule has 1 fully saturated rings. The molecule has 0 N–H and O–H groups in total. The first-order valence-electron chi connectivity index (χ1n) is 9.39. The van der Waals surface area contributed by atoms with Crippen molar-refractivity contribution in [2.75, 3.05) is 32.8 Å². The zero-order valence-electron chi connectivity index (χ0n) is 16.0. The van der Waals surface area contributed by atoms with Crippen molar-refractivity contribution in [3.05, 3.63) is 11.7 Å². The minimum absolute atomic E-state index is 0.204. The van der Waals surface area contributed by atoms with Crippen LogP contribution in [0.2, 0.25) is 0 Å². The molecule has 1 saturated heterocycles. The topological polar surface area (TPSA) is 71.7 Å². The van der Waals surface area contributed by atoms with Crippen molar-refractivity contribution in [2.24, 2.45) is 11.8 Å². The highest BCUT2D eigenvalue weighted by Crippen LogP contribution is 2.11. The lowest BCUT2D eigenvalue weighted by Crippen LogP contribution is -2.36. The van der Waals surface area contributed by atoms with E-state index in [9.17, 15) is 4.79 Å². The van der Waals surface area contributed by atoms with Crippen LogP contribution in [0, 0.1) is 11.8 Å². The van der Waals surface area contributed by atoms with Gasteiger partial charge in [-0.05, 0) is 24.7 Å². The molecule has 0 radical (unpaired) electrons. The highest BCUT2D eigenvalue weighted by molar-refractivity contribution is 5.67. The van der Waals surface area contributed by atoms with E-state index in [1.54, 1.807) is 4.90 Å². The number of hydrogen-bond donors (Lipinski definition) is 0. The van der Waals surface area contributed by atoms with Crippen LogP contribution in [-0.2, 0) is 17.7 Å². The fourth-order valence-electron chi connectivity index (χ4n) is 2.71. The van der Waals surface area contributed by atoms with E-state index >= 15 is 0 Å². The summed E-state index contributed by atoms with van der Waals surface area (Å²) in [5.74, 6) is 2.44. The molecular formula is C18H32N4O3. The third-order valence-electron chi connectivity index (χ3n) is 4.20. The molecule has 1 aliphatic rings. The third kappa shape index (κ3) is 7.02. The Morgan fingerprint density at radius 3 is 2.68 bits per heavy atom. The number of carbonyl (C=O) groups is 1. The zero-order chi connectivity index (χ0) is 18.2. The molecule has 142 valence electrons. The standard InChI is InChI=1S/C18H32N4O3/c1-14(2)6-7-16-19-17(25-20-16)12-21-8-5-9-22(11-10-21)18(23)24-13-15(3)4/h14-15H,5-13H2,1-4H3. The second kappa shape index (κ2) is 9.75. The highest BCUT2D eigenvalue weighted by Gasteiger charge is 2.21. The first-order chi connectivity index (χ1) is 11.9. The number of nitrogens with zero attached hydrogens (tertiary/aromatic N) is 4. The Bertz CT molecular complexity index is 530. The Balaban J connectivity index is 1.78. The van der Waals surface area contributed by atoms with Crippen LogP contribution in [0.15, 0.2) is 4.52 Å². The Kier molecular flexibility index (Phi) is 7.68. The summed E-state index contributed by atoms with van der Waals surface area (Å²) >= 11 is 0. The molecule has 1 aromatic heterocycles. The molecule has 0 saturated carbocycles. The highest BCUT2D eigenvalue weighted by atomic mass is 16.6. The first-order valence-corrected chi connectivity index (χ1v) is 9.39. The lowest BCUT2D eigenvalue weighted by molar-refractivity contribution is 0.0928. The summed E-state index contributed by atoms with van der Waals surface area (Å²) in [7, 11) is 0. The predicted molar refractivity (Wildman–Crippen MR) is 95.1 cm³/mol. The fourth-order valence-corrected chi connectivity index (χ4v) is 2.71. The lowest BCUT2D eigenvalue weighted by atomic mass is 10.1. The maximum Gasteiger partial charge on any atom is 0.409 e. The maximum atomic E-state index is 12.1. The van der Waals surface area contributed by atoms with Crippen molar-refractivity contribution in [3.63, 3.8) is 0 Å². The van der Waals surface area contributed by atoms with Crippen LogP contribution in [0.5, 0.6) is 0 Å². The maximum absolute atomic E-state index is 12.1. The molecule has 7 heteroatoms. The van der Waals surface area contributed by atoms with Crippen molar-refractivity contribution in [1.82, 2.24) is 19.9 Å². The van der Waals surface area contributed by atoms with Gasteiger partial charge in [-0.25, -0.2) is 4.79 Å². The van der Waals surface area contributed by atoms with Gasteiger partial charge in [0.25, 0.3) is 0 Å². The molecular weight excluding hydrogens is 320 g/mol. The molecule has 1 aromatic rings. The normalized spacial score (nSPS) is 16.5. The van der Waals surface area contributed by atoms with E-state index in [1.165, 1.54) is 0 Å². The Morgan fingerprint density at radius 1 is 1.16 bits per heavy atom. The number of ether oxygens (including phenoxy) is 1. The van der Waals surface area contributed by atoms with Gasteiger partial charge in [0.05, 0.1) is 13.2 Å². The molecule has 0 unspecified atom stereocenters. The van der Waals surface area contributed by atoms with Gasteiger partial charge in [0.1, 0.15) is 0 Å². The Morgan fingerprint density at radius 2 is 1.96 bits per heavy atom. The summed E-state index contributed by atoms with van der Waals surface area (Å²) in [6.45, 7) is 12.7. The minimum atomic E-state index is -0.204. The lowest BCUT2D eigenvalue weighted by Gasteiger charge is -2.21. The summed E-state index contributed by atoms with van der Waals surface area (Å²) in [5.41, 5.74) is 0. The summed E-state index contributed by atoms with van der Waals surface area (Å²) in [4.78, 5) is 20.6. The van der Waals surface area contributed by atoms with Gasteiger partial charge in [-0.3, -0.25) is 4.90 Å². The molecule has 25 heavy (non-hydrogen) atoms. The number of amides is 1. The van der Waals surface area contributed by atoms with Crippen molar-refractivity contribution < 1.29 is 14.1 Å². The fraction of sp³-hybridized carbons (Fsp3) is 0.833. The number of aromatic nitrogens is 2. The molecule has 0 atom stereocenters. The summed E-state index contributed by atoms with van der Waals surface area (Å²) in [6.07, 6.45) is 2.64. The number of rotatable bonds is 7. The van der Waals surface area contributed by atoms with Crippen LogP contribution < -0.4 is 0 Å². The van der Waals surface area contributed by atoms with Gasteiger partial charge >= 0.3 is 6.09 Å². The number of hydrogen-bond acceptors (Lipinski definition) is 6. The van der Waals surface area contributed by atoms with Crippen molar-refractivity contribution in [3.8, 4) is 0 Å². The van der Waals surface area contributed by atoms with Gasteiger partial charge in [0, 0.05) is 32.6 Å². The second-order valence-electron chi connectivity index (χ2n) is 7.62. The largest absolute Gasteiger partial charge is 0.449 e. The van der Waals surface area contributed by atoms with Crippen molar-refractivity contribution >= 4 is 6.09 Å². The van der Waals surface area contributed by atoms with Gasteiger partial charge < -0.3 is 14.2 Å². The van der Waals surface area contributed by atoms with Gasteiger partial charge in [-0.15, -0.1) is 0 Å².